The van der Waals surface area contributed by atoms with E-state index in [4.69, 9.17) is 11.6 Å². The first-order valence-corrected chi connectivity index (χ1v) is 8.62. The molecular formula is C17H12ClN5OS. The molecule has 0 amide bonds. The summed E-state index contributed by atoms with van der Waals surface area (Å²) >= 11 is 7.37. The molecule has 0 radical (unpaired) electrons. The number of halogens is 1. The van der Waals surface area contributed by atoms with Crippen LogP contribution in [0, 0.1) is 6.92 Å². The van der Waals surface area contributed by atoms with Gasteiger partial charge in [-0.2, -0.15) is 9.97 Å². The van der Waals surface area contributed by atoms with Gasteiger partial charge < -0.3 is 10.4 Å². The number of thiazole rings is 1. The van der Waals surface area contributed by atoms with E-state index in [0.717, 1.165) is 15.2 Å². The van der Waals surface area contributed by atoms with E-state index in [9.17, 15) is 5.11 Å². The Morgan fingerprint density at radius 2 is 1.88 bits per heavy atom. The number of para-hydroxylation sites is 1. The highest BCUT2D eigenvalue weighted by atomic mass is 35.5. The number of hydrogen-bond acceptors (Lipinski definition) is 7. The number of phenolic OH excluding ortho intramolecular Hbond substituents is 1. The number of nitrogens with zero attached hydrogens (tertiary/aromatic N) is 4. The first-order chi connectivity index (χ1) is 12.1. The monoisotopic (exact) mass is 369 g/mol. The van der Waals surface area contributed by atoms with Gasteiger partial charge in [0, 0.05) is 11.8 Å². The Morgan fingerprint density at radius 1 is 1.04 bits per heavy atom. The number of aryl methyl sites for hydroxylation is 1. The molecule has 0 fully saturated rings. The Labute approximate surface area is 152 Å². The van der Waals surface area contributed by atoms with Gasteiger partial charge in [-0.15, -0.1) is 11.3 Å². The second-order valence-electron chi connectivity index (χ2n) is 5.32. The van der Waals surface area contributed by atoms with Crippen LogP contribution in [0.4, 0.5) is 11.6 Å². The van der Waals surface area contributed by atoms with Crippen molar-refractivity contribution in [3.8, 4) is 16.3 Å². The molecule has 0 saturated carbocycles. The predicted octanol–water partition coefficient (Wildman–Crippen LogP) is 4.56. The molecule has 0 bridgehead atoms. The molecule has 0 unspecified atom stereocenters. The molecule has 124 valence electrons. The second kappa shape index (κ2) is 6.27. The van der Waals surface area contributed by atoms with Crippen molar-refractivity contribution in [2.45, 2.75) is 6.92 Å². The maximum absolute atomic E-state index is 10.4. The lowest BCUT2D eigenvalue weighted by atomic mass is 10.2. The molecule has 2 heterocycles. The van der Waals surface area contributed by atoms with Crippen LogP contribution in [0.3, 0.4) is 0 Å². The van der Waals surface area contributed by atoms with Crippen LogP contribution in [0.1, 0.15) is 5.82 Å². The van der Waals surface area contributed by atoms with Crippen molar-refractivity contribution in [1.82, 2.24) is 19.9 Å². The van der Waals surface area contributed by atoms with Crippen molar-refractivity contribution in [3.63, 3.8) is 0 Å². The Hall–Kier alpha value is -2.77. The fraction of sp³-hybridized carbons (Fsp3) is 0.0588. The van der Waals surface area contributed by atoms with Gasteiger partial charge in [-0.05, 0) is 42.8 Å². The molecule has 0 aliphatic carbocycles. The Morgan fingerprint density at radius 3 is 2.64 bits per heavy atom. The maximum Gasteiger partial charge on any atom is 0.231 e. The number of rotatable bonds is 3. The molecule has 0 saturated heterocycles. The van der Waals surface area contributed by atoms with Gasteiger partial charge in [-0.1, -0.05) is 12.1 Å². The summed E-state index contributed by atoms with van der Waals surface area (Å²) in [6.07, 6.45) is 0. The zero-order valence-electron chi connectivity index (χ0n) is 13.1. The van der Waals surface area contributed by atoms with Crippen LogP contribution in [0.15, 0.2) is 42.5 Å². The average Bonchev–Trinajstić information content (AvgIpc) is 2.97. The van der Waals surface area contributed by atoms with Gasteiger partial charge >= 0.3 is 0 Å². The Kier molecular flexibility index (Phi) is 3.95. The molecule has 0 spiro atoms. The summed E-state index contributed by atoms with van der Waals surface area (Å²) in [5.74, 6) is 0.961. The summed E-state index contributed by atoms with van der Waals surface area (Å²) in [6.45, 7) is 1.73. The quantitative estimate of drug-likeness (QED) is 0.550. The fourth-order valence-corrected chi connectivity index (χ4v) is 3.61. The number of aromatic hydroxyl groups is 1. The van der Waals surface area contributed by atoms with E-state index >= 15 is 0 Å². The largest absolute Gasteiger partial charge is 0.507 e. The number of anilines is 2. The van der Waals surface area contributed by atoms with Crippen molar-refractivity contribution in [2.24, 2.45) is 0 Å². The van der Waals surface area contributed by atoms with Gasteiger partial charge in [0.1, 0.15) is 16.6 Å². The molecule has 25 heavy (non-hydrogen) atoms. The van der Waals surface area contributed by atoms with Crippen molar-refractivity contribution >= 4 is 44.8 Å². The Bertz CT molecular complexity index is 1030. The van der Waals surface area contributed by atoms with Gasteiger partial charge in [0.2, 0.25) is 11.2 Å². The van der Waals surface area contributed by atoms with Gasteiger partial charge in [0.05, 0.1) is 15.8 Å². The summed E-state index contributed by atoms with van der Waals surface area (Å²) in [6, 6.07) is 13.1. The third-order valence-electron chi connectivity index (χ3n) is 3.50. The van der Waals surface area contributed by atoms with E-state index in [0.29, 0.717) is 23.0 Å². The van der Waals surface area contributed by atoms with Crippen LogP contribution in [0.5, 0.6) is 5.75 Å². The number of phenols is 1. The lowest BCUT2D eigenvalue weighted by molar-refractivity contribution is 0.477. The first kappa shape index (κ1) is 15.7. The summed E-state index contributed by atoms with van der Waals surface area (Å²) < 4.78 is 1.08. The highest BCUT2D eigenvalue weighted by Gasteiger charge is 2.11. The molecular weight excluding hydrogens is 358 g/mol. The van der Waals surface area contributed by atoms with Crippen LogP contribution in [0.2, 0.25) is 5.28 Å². The van der Waals surface area contributed by atoms with E-state index in [1.807, 2.05) is 36.4 Å². The number of hydrogen-bond donors (Lipinski definition) is 2. The fourth-order valence-electron chi connectivity index (χ4n) is 2.41. The minimum absolute atomic E-state index is 0.116. The maximum atomic E-state index is 10.4. The lowest BCUT2D eigenvalue weighted by Crippen LogP contribution is -2.01. The second-order valence-corrected chi connectivity index (χ2v) is 6.69. The molecule has 2 aromatic carbocycles. The summed E-state index contributed by atoms with van der Waals surface area (Å²) in [4.78, 5) is 16.7. The molecule has 8 heteroatoms. The van der Waals surface area contributed by atoms with Crippen molar-refractivity contribution < 1.29 is 5.11 Å². The molecule has 0 aliphatic heterocycles. The van der Waals surface area contributed by atoms with Crippen LogP contribution in [-0.2, 0) is 0 Å². The van der Waals surface area contributed by atoms with Gasteiger partial charge in [0.25, 0.3) is 0 Å². The number of benzene rings is 2. The minimum atomic E-state index is 0.116. The molecule has 6 nitrogen and oxygen atoms in total. The lowest BCUT2D eigenvalue weighted by Gasteiger charge is -2.08. The number of nitrogens with one attached hydrogen (secondary N) is 1. The standard InChI is InChI=1S/C17H12ClN5OS/c1-9-19-16(18)23-17(20-9)21-10-6-7-11(13(24)8-10)15-22-12-4-2-3-5-14(12)25-15/h2-8,24H,1H3,(H,19,20,21,23). The van der Waals surface area contributed by atoms with Gasteiger partial charge in [-0.3, -0.25) is 0 Å². The van der Waals surface area contributed by atoms with Crippen molar-refractivity contribution in [1.29, 1.82) is 0 Å². The zero-order valence-corrected chi connectivity index (χ0v) is 14.6. The van der Waals surface area contributed by atoms with E-state index in [2.05, 4.69) is 25.3 Å². The molecule has 0 aliphatic rings. The average molecular weight is 370 g/mol. The van der Waals surface area contributed by atoms with Crippen LogP contribution >= 0.6 is 22.9 Å². The predicted molar refractivity (Wildman–Crippen MR) is 99.6 cm³/mol. The third kappa shape index (κ3) is 3.24. The molecule has 2 aromatic heterocycles. The summed E-state index contributed by atoms with van der Waals surface area (Å²) in [5, 5.41) is 14.3. The van der Waals surface area contributed by atoms with Crippen molar-refractivity contribution in [2.75, 3.05) is 5.32 Å². The highest BCUT2D eigenvalue weighted by molar-refractivity contribution is 7.21. The number of aromatic nitrogens is 4. The van der Waals surface area contributed by atoms with Crippen LogP contribution in [-0.4, -0.2) is 25.0 Å². The summed E-state index contributed by atoms with van der Waals surface area (Å²) in [5.41, 5.74) is 2.24. The van der Waals surface area contributed by atoms with Crippen LogP contribution in [0.25, 0.3) is 20.8 Å². The minimum Gasteiger partial charge on any atom is -0.507 e. The van der Waals surface area contributed by atoms with E-state index < -0.39 is 0 Å². The van der Waals surface area contributed by atoms with Gasteiger partial charge in [-0.25, -0.2) is 9.97 Å². The topological polar surface area (TPSA) is 83.8 Å². The molecule has 0 atom stereocenters. The highest BCUT2D eigenvalue weighted by Crippen LogP contribution is 2.36. The third-order valence-corrected chi connectivity index (χ3v) is 4.74. The van der Waals surface area contributed by atoms with E-state index in [-0.39, 0.29) is 11.0 Å². The molecule has 2 N–H and O–H groups in total. The van der Waals surface area contributed by atoms with Crippen molar-refractivity contribution in [3.05, 3.63) is 53.6 Å². The van der Waals surface area contributed by atoms with Crippen LogP contribution < -0.4 is 5.32 Å². The SMILES string of the molecule is Cc1nc(Cl)nc(Nc2ccc(-c3nc4ccccc4s3)c(O)c2)n1. The van der Waals surface area contributed by atoms with E-state index in [1.54, 1.807) is 13.0 Å². The molecule has 4 aromatic rings. The zero-order chi connectivity index (χ0) is 17.4. The molecule has 4 rings (SSSR count). The Balaban J connectivity index is 1.66. The smallest absolute Gasteiger partial charge is 0.231 e. The van der Waals surface area contributed by atoms with Gasteiger partial charge in [0.15, 0.2) is 0 Å². The van der Waals surface area contributed by atoms with E-state index in [1.165, 1.54) is 11.3 Å². The summed E-state index contributed by atoms with van der Waals surface area (Å²) in [7, 11) is 0. The normalized spacial score (nSPS) is 11.0. The first-order valence-electron chi connectivity index (χ1n) is 7.43. The number of fused-ring (bicyclic) bond motifs is 1.